The third-order valence-corrected chi connectivity index (χ3v) is 8.87. The zero-order valence-corrected chi connectivity index (χ0v) is 16.4. The summed E-state index contributed by atoms with van der Waals surface area (Å²) in [5.41, 5.74) is 6.83. The maximum absolute atomic E-state index is 11.1. The molecule has 0 saturated heterocycles. The van der Waals surface area contributed by atoms with Crippen molar-refractivity contribution < 1.29 is 15.1 Å². The number of oxime groups is 1. The molecule has 4 fully saturated rings. The van der Waals surface area contributed by atoms with Crippen LogP contribution in [0.1, 0.15) is 65.2 Å². The Balaban J connectivity index is 1.55. The number of hydrogen-bond acceptors (Lipinski definition) is 5. The largest absolute Gasteiger partial charge is 0.395 e. The normalized spacial score (nSPS) is 52.3. The summed E-state index contributed by atoms with van der Waals surface area (Å²) in [6.07, 6.45) is 7.81. The third kappa shape index (κ3) is 2.73. The van der Waals surface area contributed by atoms with Gasteiger partial charge in [0.05, 0.1) is 17.9 Å². The molecule has 0 aromatic carbocycles. The van der Waals surface area contributed by atoms with Gasteiger partial charge in [-0.2, -0.15) is 0 Å². The van der Waals surface area contributed by atoms with Crippen LogP contribution >= 0.6 is 0 Å². The Labute approximate surface area is 157 Å². The first kappa shape index (κ1) is 18.7. The van der Waals surface area contributed by atoms with Crippen molar-refractivity contribution in [3.8, 4) is 0 Å². The van der Waals surface area contributed by atoms with Crippen LogP contribution in [-0.4, -0.2) is 41.3 Å². The van der Waals surface area contributed by atoms with Crippen LogP contribution in [0, 0.1) is 34.5 Å². The van der Waals surface area contributed by atoms with E-state index in [1.54, 1.807) is 0 Å². The summed E-state index contributed by atoms with van der Waals surface area (Å²) in [6.45, 7) is 5.66. The fourth-order valence-corrected chi connectivity index (χ4v) is 7.35. The van der Waals surface area contributed by atoms with E-state index >= 15 is 0 Å². The molecule has 4 N–H and O–H groups in total. The Hall–Kier alpha value is -0.650. The van der Waals surface area contributed by atoms with E-state index in [4.69, 9.17) is 10.6 Å². The van der Waals surface area contributed by atoms with Gasteiger partial charge in [0.1, 0.15) is 6.61 Å². The molecule has 0 amide bonds. The van der Waals surface area contributed by atoms with Crippen LogP contribution in [0.5, 0.6) is 0 Å². The molecule has 4 rings (SSSR count). The van der Waals surface area contributed by atoms with Crippen LogP contribution in [0.25, 0.3) is 0 Å². The van der Waals surface area contributed by atoms with Gasteiger partial charge in [-0.1, -0.05) is 19.0 Å². The van der Waals surface area contributed by atoms with Crippen molar-refractivity contribution in [3.05, 3.63) is 0 Å². The molecule has 4 aliphatic rings. The number of rotatable bonds is 3. The zero-order chi connectivity index (χ0) is 18.5. The monoisotopic (exact) mass is 364 g/mol. The first-order valence-corrected chi connectivity index (χ1v) is 10.6. The Morgan fingerprint density at radius 2 is 1.85 bits per heavy atom. The van der Waals surface area contributed by atoms with Crippen molar-refractivity contribution in [2.45, 2.75) is 77.4 Å². The number of nitrogens with zero attached hydrogens (tertiary/aromatic N) is 1. The van der Waals surface area contributed by atoms with Crippen molar-refractivity contribution >= 4 is 5.71 Å². The lowest BCUT2D eigenvalue weighted by molar-refractivity contribution is -0.153. The van der Waals surface area contributed by atoms with Crippen molar-refractivity contribution in [2.24, 2.45) is 45.4 Å². The molecule has 0 bridgehead atoms. The molecule has 1 unspecified atom stereocenters. The topological polar surface area (TPSA) is 88.1 Å². The summed E-state index contributed by atoms with van der Waals surface area (Å²) in [6, 6.07) is 0. The second-order valence-electron chi connectivity index (χ2n) is 9.91. The van der Waals surface area contributed by atoms with Gasteiger partial charge < -0.3 is 20.8 Å². The predicted molar refractivity (Wildman–Crippen MR) is 102 cm³/mol. The van der Waals surface area contributed by atoms with Gasteiger partial charge in [0.15, 0.2) is 0 Å². The van der Waals surface area contributed by atoms with E-state index in [9.17, 15) is 10.2 Å². The highest BCUT2D eigenvalue weighted by molar-refractivity contribution is 5.85. The molecule has 0 spiro atoms. The Morgan fingerprint density at radius 1 is 1.08 bits per heavy atom. The van der Waals surface area contributed by atoms with Gasteiger partial charge in [-0.25, -0.2) is 0 Å². The molecule has 148 valence electrons. The summed E-state index contributed by atoms with van der Waals surface area (Å²) in [5.74, 6) is 2.10. The number of hydrogen-bond donors (Lipinski definition) is 3. The molecule has 0 radical (unpaired) electrons. The lowest BCUT2D eigenvalue weighted by atomic mass is 9.44. The third-order valence-electron chi connectivity index (χ3n) is 8.87. The summed E-state index contributed by atoms with van der Waals surface area (Å²) in [7, 11) is 0. The van der Waals surface area contributed by atoms with Gasteiger partial charge in [0.25, 0.3) is 0 Å². The van der Waals surface area contributed by atoms with E-state index in [0.717, 1.165) is 50.7 Å². The van der Waals surface area contributed by atoms with E-state index in [1.165, 1.54) is 6.42 Å². The number of aliphatic hydroxyl groups is 2. The molecular weight excluding hydrogens is 328 g/mol. The summed E-state index contributed by atoms with van der Waals surface area (Å²) in [4.78, 5) is 5.31. The van der Waals surface area contributed by atoms with Crippen LogP contribution in [0.3, 0.4) is 0 Å². The Bertz CT molecular complexity index is 567. The minimum atomic E-state index is -0.263. The fourth-order valence-electron chi connectivity index (χ4n) is 7.35. The van der Waals surface area contributed by atoms with Crippen LogP contribution in [0.4, 0.5) is 0 Å². The molecule has 4 saturated carbocycles. The maximum atomic E-state index is 11.1. The van der Waals surface area contributed by atoms with E-state index in [-0.39, 0.29) is 29.0 Å². The average molecular weight is 365 g/mol. The van der Waals surface area contributed by atoms with Crippen molar-refractivity contribution in [1.82, 2.24) is 0 Å². The molecule has 4 aliphatic carbocycles. The van der Waals surface area contributed by atoms with Gasteiger partial charge in [0, 0.05) is 6.54 Å². The molecule has 0 aromatic rings. The zero-order valence-electron chi connectivity index (χ0n) is 16.4. The highest BCUT2D eigenvalue weighted by Crippen LogP contribution is 2.65. The lowest BCUT2D eigenvalue weighted by Crippen LogP contribution is -2.58. The molecule has 5 heteroatoms. The predicted octanol–water partition coefficient (Wildman–Crippen LogP) is 2.69. The van der Waals surface area contributed by atoms with Gasteiger partial charge in [-0.05, 0) is 85.9 Å². The second kappa shape index (κ2) is 6.75. The summed E-state index contributed by atoms with van der Waals surface area (Å²) >= 11 is 0. The maximum Gasteiger partial charge on any atom is 0.129 e. The van der Waals surface area contributed by atoms with E-state index < -0.39 is 0 Å². The summed E-state index contributed by atoms with van der Waals surface area (Å²) in [5, 5.41) is 26.0. The Morgan fingerprint density at radius 3 is 2.62 bits per heavy atom. The van der Waals surface area contributed by atoms with Crippen molar-refractivity contribution in [2.75, 3.05) is 13.2 Å². The van der Waals surface area contributed by atoms with Crippen LogP contribution in [0.2, 0.25) is 0 Å². The SMILES string of the molecule is C[C@]12CC/C(=N\OCCN)C[C@@H]1[C@H](O)C[C@@H]1[C@@H]2CC[C@]2(C)C(O)CC[C@@H]12. The molecule has 0 aromatic heterocycles. The molecule has 5 nitrogen and oxygen atoms in total. The summed E-state index contributed by atoms with van der Waals surface area (Å²) < 4.78 is 0. The minimum Gasteiger partial charge on any atom is -0.395 e. The smallest absolute Gasteiger partial charge is 0.129 e. The number of nitrogens with two attached hydrogens (primary N) is 1. The van der Waals surface area contributed by atoms with E-state index in [1.807, 2.05) is 0 Å². The average Bonchev–Trinajstić information content (AvgIpc) is 2.92. The number of fused-ring (bicyclic) bond motifs is 5. The standard InChI is InChI=1S/C21H36N2O3/c1-20-7-5-13(23-26-10-9-22)11-17(20)18(24)12-14-15-3-4-19(25)21(15,2)8-6-16(14)20/h14-19,24-25H,3-12,22H2,1-2H3/b23-13+/t14-,15-,16-,17+,18+,19?,20+,21-/m0/s1. The van der Waals surface area contributed by atoms with Gasteiger partial charge in [-0.15, -0.1) is 0 Å². The van der Waals surface area contributed by atoms with Gasteiger partial charge in [-0.3, -0.25) is 0 Å². The first-order valence-electron chi connectivity index (χ1n) is 10.6. The fraction of sp³-hybridized carbons (Fsp3) is 0.952. The Kier molecular flexibility index (Phi) is 4.85. The van der Waals surface area contributed by atoms with E-state index in [0.29, 0.717) is 30.9 Å². The highest BCUT2D eigenvalue weighted by atomic mass is 16.6. The quantitative estimate of drug-likeness (QED) is 0.531. The van der Waals surface area contributed by atoms with Crippen molar-refractivity contribution in [3.63, 3.8) is 0 Å². The molecular formula is C21H36N2O3. The molecule has 26 heavy (non-hydrogen) atoms. The molecule has 0 aliphatic heterocycles. The number of aliphatic hydroxyl groups excluding tert-OH is 2. The van der Waals surface area contributed by atoms with Crippen LogP contribution in [-0.2, 0) is 4.84 Å². The van der Waals surface area contributed by atoms with Gasteiger partial charge in [0.2, 0.25) is 0 Å². The van der Waals surface area contributed by atoms with Crippen molar-refractivity contribution in [1.29, 1.82) is 0 Å². The first-order chi connectivity index (χ1) is 12.4. The minimum absolute atomic E-state index is 0.0709. The van der Waals surface area contributed by atoms with Crippen LogP contribution < -0.4 is 5.73 Å². The van der Waals surface area contributed by atoms with Crippen LogP contribution in [0.15, 0.2) is 5.16 Å². The second-order valence-corrected chi connectivity index (χ2v) is 9.91. The highest BCUT2D eigenvalue weighted by Gasteiger charge is 2.61. The van der Waals surface area contributed by atoms with Gasteiger partial charge >= 0.3 is 0 Å². The molecule has 8 atom stereocenters. The molecule has 0 heterocycles. The van der Waals surface area contributed by atoms with E-state index in [2.05, 4.69) is 19.0 Å². The lowest BCUT2D eigenvalue weighted by Gasteiger charge is -2.61.